The number of rotatable bonds is 6. The Morgan fingerprint density at radius 3 is 2.89 bits per heavy atom. The van der Waals surface area contributed by atoms with Gasteiger partial charge in [0.25, 0.3) is 0 Å². The summed E-state index contributed by atoms with van der Waals surface area (Å²) in [4.78, 5) is 12.1. The molecular formula is C15H20N4. The maximum absolute atomic E-state index is 9.09. The van der Waals surface area contributed by atoms with Gasteiger partial charge in [-0.15, -0.1) is 0 Å². The molecule has 1 atom stereocenters. The maximum atomic E-state index is 9.09. The van der Waals surface area contributed by atoms with Crippen LogP contribution in [0.3, 0.4) is 0 Å². The van der Waals surface area contributed by atoms with Crippen LogP contribution >= 0.6 is 0 Å². The molecule has 4 heteroatoms. The molecule has 0 amide bonds. The summed E-state index contributed by atoms with van der Waals surface area (Å²) in [7, 11) is 0. The number of aromatic nitrogens is 3. The highest BCUT2D eigenvalue weighted by Gasteiger charge is 2.15. The summed E-state index contributed by atoms with van der Waals surface area (Å²) < 4.78 is 0. The predicted molar refractivity (Wildman–Crippen MR) is 75.8 cm³/mol. The van der Waals surface area contributed by atoms with Gasteiger partial charge in [-0.1, -0.05) is 33.1 Å². The van der Waals surface area contributed by atoms with E-state index in [9.17, 15) is 0 Å². The van der Waals surface area contributed by atoms with E-state index in [1.807, 2.05) is 0 Å². The van der Waals surface area contributed by atoms with Gasteiger partial charge >= 0.3 is 0 Å². The van der Waals surface area contributed by atoms with Gasteiger partial charge in [0.05, 0.1) is 5.56 Å². The zero-order valence-corrected chi connectivity index (χ0v) is 11.6. The third kappa shape index (κ3) is 2.93. The molecule has 0 aliphatic heterocycles. The fourth-order valence-electron chi connectivity index (χ4n) is 2.39. The minimum absolute atomic E-state index is 0.437. The van der Waals surface area contributed by atoms with E-state index in [4.69, 9.17) is 5.26 Å². The zero-order valence-electron chi connectivity index (χ0n) is 11.6. The van der Waals surface area contributed by atoms with Gasteiger partial charge in [-0.2, -0.15) is 5.26 Å². The first-order valence-corrected chi connectivity index (χ1v) is 7.04. The largest absolute Gasteiger partial charge is 0.339 e. The first kappa shape index (κ1) is 13.5. The molecule has 2 heterocycles. The standard InChI is InChI=1S/C15H20N4/c1-3-5-6-7-11(4-2)14-18-13-12(10-16)8-9-17-15(13)19-14/h8-9,11H,3-7H2,1-2H3,(H,17,18,19). The van der Waals surface area contributed by atoms with Crippen molar-refractivity contribution in [2.75, 3.05) is 0 Å². The second-order valence-electron chi connectivity index (χ2n) is 4.89. The van der Waals surface area contributed by atoms with Crippen LogP contribution in [0.1, 0.15) is 63.3 Å². The Hall–Kier alpha value is -1.89. The van der Waals surface area contributed by atoms with E-state index in [0.29, 0.717) is 17.1 Å². The number of fused-ring (bicyclic) bond motifs is 1. The van der Waals surface area contributed by atoms with Crippen LogP contribution < -0.4 is 0 Å². The molecule has 0 bridgehead atoms. The Kier molecular flexibility index (Phi) is 4.51. The van der Waals surface area contributed by atoms with Crippen LogP contribution in [0.25, 0.3) is 11.2 Å². The van der Waals surface area contributed by atoms with Crippen molar-refractivity contribution in [2.45, 2.75) is 51.9 Å². The molecule has 0 spiro atoms. The normalized spacial score (nSPS) is 12.5. The topological polar surface area (TPSA) is 65.4 Å². The quantitative estimate of drug-likeness (QED) is 0.797. The van der Waals surface area contributed by atoms with Gasteiger partial charge in [0.2, 0.25) is 0 Å². The molecule has 0 radical (unpaired) electrons. The van der Waals surface area contributed by atoms with Gasteiger partial charge < -0.3 is 4.98 Å². The first-order valence-electron chi connectivity index (χ1n) is 7.04. The minimum atomic E-state index is 0.437. The SMILES string of the molecule is CCCCCC(CC)c1nc2nccc(C#N)c2[nH]1. The summed E-state index contributed by atoms with van der Waals surface area (Å²) in [5, 5.41) is 9.09. The lowest BCUT2D eigenvalue weighted by Crippen LogP contribution is -2.00. The third-order valence-electron chi connectivity index (χ3n) is 3.57. The molecule has 100 valence electrons. The minimum Gasteiger partial charge on any atom is -0.339 e. The Morgan fingerprint density at radius 2 is 2.21 bits per heavy atom. The number of H-pyrrole nitrogens is 1. The lowest BCUT2D eigenvalue weighted by molar-refractivity contribution is 0.535. The molecular weight excluding hydrogens is 236 g/mol. The Morgan fingerprint density at radius 1 is 1.37 bits per heavy atom. The summed E-state index contributed by atoms with van der Waals surface area (Å²) >= 11 is 0. The molecule has 0 saturated heterocycles. The number of nitrogens with zero attached hydrogens (tertiary/aromatic N) is 3. The maximum Gasteiger partial charge on any atom is 0.179 e. The first-order chi connectivity index (χ1) is 9.30. The number of hydrogen-bond donors (Lipinski definition) is 1. The number of nitriles is 1. The fraction of sp³-hybridized carbons (Fsp3) is 0.533. The summed E-state index contributed by atoms with van der Waals surface area (Å²) in [6.07, 6.45) is 7.57. The summed E-state index contributed by atoms with van der Waals surface area (Å²) in [5.41, 5.74) is 2.05. The average Bonchev–Trinajstić information content (AvgIpc) is 2.87. The van der Waals surface area contributed by atoms with Gasteiger partial charge in [0.15, 0.2) is 5.65 Å². The number of imidazole rings is 1. The van der Waals surface area contributed by atoms with Crippen LogP contribution in [-0.2, 0) is 0 Å². The lowest BCUT2D eigenvalue weighted by Gasteiger charge is -2.11. The van der Waals surface area contributed by atoms with Crippen LogP contribution in [0.4, 0.5) is 0 Å². The van der Waals surface area contributed by atoms with E-state index in [1.54, 1.807) is 12.3 Å². The van der Waals surface area contributed by atoms with Crippen LogP contribution in [0, 0.1) is 11.3 Å². The van der Waals surface area contributed by atoms with E-state index >= 15 is 0 Å². The van der Waals surface area contributed by atoms with E-state index in [2.05, 4.69) is 34.9 Å². The number of nitrogens with one attached hydrogen (secondary N) is 1. The molecule has 0 saturated carbocycles. The van der Waals surface area contributed by atoms with Crippen LogP contribution in [-0.4, -0.2) is 15.0 Å². The third-order valence-corrected chi connectivity index (χ3v) is 3.57. The molecule has 2 rings (SSSR count). The molecule has 19 heavy (non-hydrogen) atoms. The molecule has 4 nitrogen and oxygen atoms in total. The highest BCUT2D eigenvalue weighted by molar-refractivity contribution is 5.77. The second-order valence-corrected chi connectivity index (χ2v) is 4.89. The summed E-state index contributed by atoms with van der Waals surface area (Å²) in [6, 6.07) is 3.91. The summed E-state index contributed by atoms with van der Waals surface area (Å²) in [5.74, 6) is 1.41. The highest BCUT2D eigenvalue weighted by Crippen LogP contribution is 2.25. The van der Waals surface area contributed by atoms with Crippen molar-refractivity contribution in [3.63, 3.8) is 0 Å². The van der Waals surface area contributed by atoms with Crippen molar-refractivity contribution >= 4 is 11.2 Å². The monoisotopic (exact) mass is 256 g/mol. The van der Waals surface area contributed by atoms with Crippen molar-refractivity contribution in [3.8, 4) is 6.07 Å². The van der Waals surface area contributed by atoms with E-state index < -0.39 is 0 Å². The van der Waals surface area contributed by atoms with E-state index in [0.717, 1.165) is 24.2 Å². The Labute approximate surface area is 113 Å². The Bertz CT molecular complexity index is 579. The average molecular weight is 256 g/mol. The molecule has 1 N–H and O–H groups in total. The van der Waals surface area contributed by atoms with Crippen molar-refractivity contribution in [3.05, 3.63) is 23.7 Å². The van der Waals surface area contributed by atoms with Gasteiger partial charge in [-0.05, 0) is 18.9 Å². The number of aromatic amines is 1. The molecule has 0 aromatic carbocycles. The van der Waals surface area contributed by atoms with Gasteiger partial charge in [-0.25, -0.2) is 9.97 Å². The van der Waals surface area contributed by atoms with Crippen molar-refractivity contribution in [1.82, 2.24) is 15.0 Å². The molecule has 2 aromatic heterocycles. The number of unbranched alkanes of at least 4 members (excludes halogenated alkanes) is 2. The van der Waals surface area contributed by atoms with Crippen molar-refractivity contribution in [1.29, 1.82) is 5.26 Å². The molecule has 0 aliphatic carbocycles. The predicted octanol–water partition coefficient (Wildman–Crippen LogP) is 3.90. The number of hydrogen-bond acceptors (Lipinski definition) is 3. The smallest absolute Gasteiger partial charge is 0.179 e. The van der Waals surface area contributed by atoms with Crippen molar-refractivity contribution < 1.29 is 0 Å². The summed E-state index contributed by atoms with van der Waals surface area (Å²) in [6.45, 7) is 4.40. The zero-order chi connectivity index (χ0) is 13.7. The van der Waals surface area contributed by atoms with Crippen LogP contribution in [0.5, 0.6) is 0 Å². The van der Waals surface area contributed by atoms with Crippen LogP contribution in [0.15, 0.2) is 12.3 Å². The second kappa shape index (κ2) is 6.33. The van der Waals surface area contributed by atoms with Gasteiger partial charge in [0.1, 0.15) is 17.4 Å². The van der Waals surface area contributed by atoms with Crippen molar-refractivity contribution in [2.24, 2.45) is 0 Å². The number of pyridine rings is 1. The lowest BCUT2D eigenvalue weighted by atomic mass is 9.98. The molecule has 1 unspecified atom stereocenters. The van der Waals surface area contributed by atoms with Crippen LogP contribution in [0.2, 0.25) is 0 Å². The highest BCUT2D eigenvalue weighted by atomic mass is 15.0. The molecule has 0 fully saturated rings. The van der Waals surface area contributed by atoms with Gasteiger partial charge in [-0.3, -0.25) is 0 Å². The molecule has 0 aliphatic rings. The van der Waals surface area contributed by atoms with E-state index in [1.165, 1.54) is 19.3 Å². The fourth-order valence-corrected chi connectivity index (χ4v) is 2.39. The molecule has 2 aromatic rings. The van der Waals surface area contributed by atoms with E-state index in [-0.39, 0.29) is 0 Å². The van der Waals surface area contributed by atoms with Gasteiger partial charge in [0, 0.05) is 12.1 Å². The Balaban J connectivity index is 2.26.